The first-order valence-corrected chi connectivity index (χ1v) is 11.6. The van der Waals surface area contributed by atoms with Crippen molar-refractivity contribution in [3.05, 3.63) is 70.5 Å². The van der Waals surface area contributed by atoms with Crippen molar-refractivity contribution in [1.29, 1.82) is 0 Å². The van der Waals surface area contributed by atoms with Crippen LogP contribution in [0.15, 0.2) is 48.5 Å². The van der Waals surface area contributed by atoms with Crippen LogP contribution in [-0.2, 0) is 11.3 Å². The molecule has 0 spiro atoms. The number of carbonyl (C=O) groups is 1. The van der Waals surface area contributed by atoms with Crippen LogP contribution in [0.1, 0.15) is 41.6 Å². The van der Waals surface area contributed by atoms with Crippen molar-refractivity contribution in [3.63, 3.8) is 0 Å². The Morgan fingerprint density at radius 1 is 1.10 bits per heavy atom. The van der Waals surface area contributed by atoms with E-state index in [1.807, 2.05) is 29.2 Å². The summed E-state index contributed by atoms with van der Waals surface area (Å²) in [5.41, 5.74) is 1.37. The molecule has 31 heavy (non-hydrogen) atoms. The molecule has 166 valence electrons. The van der Waals surface area contributed by atoms with Gasteiger partial charge in [0, 0.05) is 42.4 Å². The molecule has 0 radical (unpaired) electrons. The van der Waals surface area contributed by atoms with Crippen LogP contribution in [-0.4, -0.2) is 54.6 Å². The molecule has 1 amide bonds. The lowest BCUT2D eigenvalue weighted by Crippen LogP contribution is -2.43. The van der Waals surface area contributed by atoms with Crippen LogP contribution >= 0.6 is 11.6 Å². The molecule has 4 nitrogen and oxygen atoms in total. The number of amides is 1. The molecule has 2 aliphatic heterocycles. The minimum atomic E-state index is -0.139. The Morgan fingerprint density at radius 3 is 2.61 bits per heavy atom. The highest BCUT2D eigenvalue weighted by Crippen LogP contribution is 2.24. The fraction of sp³-hybridized carbons (Fsp3) is 0.480. The van der Waals surface area contributed by atoms with E-state index >= 15 is 0 Å². The van der Waals surface area contributed by atoms with E-state index in [1.54, 1.807) is 18.2 Å². The number of piperidine rings is 1. The van der Waals surface area contributed by atoms with Crippen LogP contribution in [0.5, 0.6) is 0 Å². The Bertz CT molecular complexity index is 879. The molecule has 0 bridgehead atoms. The smallest absolute Gasteiger partial charge is 0.254 e. The first-order chi connectivity index (χ1) is 15.1. The van der Waals surface area contributed by atoms with Gasteiger partial charge in [-0.15, -0.1) is 0 Å². The predicted molar refractivity (Wildman–Crippen MR) is 121 cm³/mol. The van der Waals surface area contributed by atoms with Crippen molar-refractivity contribution in [3.8, 4) is 0 Å². The second kappa shape index (κ2) is 10.6. The number of benzene rings is 2. The second-order valence-electron chi connectivity index (χ2n) is 8.67. The van der Waals surface area contributed by atoms with Crippen LogP contribution in [0.25, 0.3) is 0 Å². The van der Waals surface area contributed by atoms with Gasteiger partial charge in [0.2, 0.25) is 0 Å². The Hall–Kier alpha value is -1.95. The van der Waals surface area contributed by atoms with Gasteiger partial charge in [-0.05, 0) is 69.0 Å². The molecule has 0 unspecified atom stereocenters. The predicted octanol–water partition coefficient (Wildman–Crippen LogP) is 5.01. The lowest BCUT2D eigenvalue weighted by atomic mass is 9.95. The topological polar surface area (TPSA) is 32.8 Å². The third-order valence-electron chi connectivity index (χ3n) is 6.34. The van der Waals surface area contributed by atoms with E-state index in [2.05, 4.69) is 4.90 Å². The van der Waals surface area contributed by atoms with Gasteiger partial charge in [-0.25, -0.2) is 4.39 Å². The van der Waals surface area contributed by atoms with Crippen molar-refractivity contribution in [2.45, 2.75) is 38.3 Å². The molecule has 1 atom stereocenters. The summed E-state index contributed by atoms with van der Waals surface area (Å²) in [6.07, 6.45) is 4.17. The van der Waals surface area contributed by atoms with Crippen molar-refractivity contribution in [2.24, 2.45) is 5.92 Å². The van der Waals surface area contributed by atoms with Gasteiger partial charge >= 0.3 is 0 Å². The monoisotopic (exact) mass is 444 g/mol. The fourth-order valence-electron chi connectivity index (χ4n) is 4.58. The van der Waals surface area contributed by atoms with Crippen LogP contribution < -0.4 is 0 Å². The zero-order valence-electron chi connectivity index (χ0n) is 17.8. The van der Waals surface area contributed by atoms with Crippen LogP contribution in [0.3, 0.4) is 0 Å². The molecular weight excluding hydrogens is 415 g/mol. The number of halogens is 2. The maximum Gasteiger partial charge on any atom is 0.254 e. The molecule has 2 aromatic carbocycles. The van der Waals surface area contributed by atoms with Crippen LogP contribution in [0.2, 0.25) is 5.02 Å². The number of likely N-dealkylation sites (tertiary alicyclic amines) is 1. The van der Waals surface area contributed by atoms with E-state index in [4.69, 9.17) is 16.3 Å². The molecule has 2 fully saturated rings. The lowest BCUT2D eigenvalue weighted by molar-refractivity contribution is 0.0444. The van der Waals surface area contributed by atoms with E-state index in [1.165, 1.54) is 6.07 Å². The first-order valence-electron chi connectivity index (χ1n) is 11.2. The molecule has 0 aromatic heterocycles. The molecule has 0 aliphatic carbocycles. The fourth-order valence-corrected chi connectivity index (χ4v) is 4.78. The zero-order chi connectivity index (χ0) is 21.6. The summed E-state index contributed by atoms with van der Waals surface area (Å²) in [5.74, 6) is 0.313. The Balaban J connectivity index is 1.36. The van der Waals surface area contributed by atoms with E-state index in [-0.39, 0.29) is 17.8 Å². The third-order valence-corrected chi connectivity index (χ3v) is 6.58. The summed E-state index contributed by atoms with van der Waals surface area (Å²) in [5, 5.41) is 0.573. The molecule has 2 saturated heterocycles. The average Bonchev–Trinajstić information content (AvgIpc) is 3.29. The van der Waals surface area contributed by atoms with Crippen LogP contribution in [0, 0.1) is 11.7 Å². The van der Waals surface area contributed by atoms with Crippen LogP contribution in [0.4, 0.5) is 4.39 Å². The van der Waals surface area contributed by atoms with Gasteiger partial charge in [-0.1, -0.05) is 35.9 Å². The summed E-state index contributed by atoms with van der Waals surface area (Å²) in [6.45, 7) is 4.59. The summed E-state index contributed by atoms with van der Waals surface area (Å²) >= 11 is 6.12. The maximum atomic E-state index is 14.0. The van der Waals surface area contributed by atoms with Crippen molar-refractivity contribution in [2.75, 3.05) is 32.8 Å². The van der Waals surface area contributed by atoms with E-state index in [0.29, 0.717) is 29.6 Å². The number of hydrogen-bond donors (Lipinski definition) is 0. The number of carbonyl (C=O) groups excluding carboxylic acids is 1. The summed E-state index contributed by atoms with van der Waals surface area (Å²) in [4.78, 5) is 17.5. The van der Waals surface area contributed by atoms with E-state index < -0.39 is 0 Å². The highest BCUT2D eigenvalue weighted by atomic mass is 35.5. The van der Waals surface area contributed by atoms with E-state index in [0.717, 1.165) is 57.5 Å². The Labute approximate surface area is 188 Å². The second-order valence-corrected chi connectivity index (χ2v) is 9.10. The molecule has 2 aliphatic rings. The van der Waals surface area contributed by atoms with Gasteiger partial charge < -0.3 is 9.64 Å². The molecular formula is C25H30ClFN2O2. The van der Waals surface area contributed by atoms with Gasteiger partial charge in [-0.2, -0.15) is 0 Å². The zero-order valence-corrected chi connectivity index (χ0v) is 18.6. The minimum Gasteiger partial charge on any atom is -0.376 e. The molecule has 2 aromatic rings. The number of rotatable bonds is 7. The highest BCUT2D eigenvalue weighted by Gasteiger charge is 2.28. The van der Waals surface area contributed by atoms with Gasteiger partial charge in [0.05, 0.1) is 6.10 Å². The van der Waals surface area contributed by atoms with Gasteiger partial charge in [0.1, 0.15) is 5.82 Å². The van der Waals surface area contributed by atoms with Crippen molar-refractivity contribution >= 4 is 17.5 Å². The molecule has 0 N–H and O–H groups in total. The quantitative estimate of drug-likeness (QED) is 0.601. The van der Waals surface area contributed by atoms with Gasteiger partial charge in [-0.3, -0.25) is 9.69 Å². The van der Waals surface area contributed by atoms with Gasteiger partial charge in [0.25, 0.3) is 5.91 Å². The number of hydrogen-bond acceptors (Lipinski definition) is 3. The van der Waals surface area contributed by atoms with Crippen molar-refractivity contribution in [1.82, 2.24) is 9.80 Å². The SMILES string of the molecule is O=C(c1cccc(Cl)c1)N(CC1CCN(Cc2ccccc2F)CC1)C[C@@H]1CCCO1. The number of nitrogens with zero attached hydrogens (tertiary/aromatic N) is 2. The standard InChI is InChI=1S/C25H30ClFN2O2/c26-22-7-3-6-20(15-22)25(30)29(18-23-8-4-14-31-23)16-19-10-12-28(13-11-19)17-21-5-1-2-9-24(21)27/h1-3,5-7,9,15,19,23H,4,8,10-14,16-18H2/t23-/m0/s1. The molecule has 2 heterocycles. The molecule has 4 rings (SSSR count). The minimum absolute atomic E-state index is 0.0202. The molecule has 6 heteroatoms. The molecule has 0 saturated carbocycles. The van der Waals surface area contributed by atoms with Crippen molar-refractivity contribution < 1.29 is 13.9 Å². The Morgan fingerprint density at radius 2 is 1.90 bits per heavy atom. The van der Waals surface area contributed by atoms with Gasteiger partial charge in [0.15, 0.2) is 0 Å². The number of ether oxygens (including phenoxy) is 1. The van der Waals surface area contributed by atoms with E-state index in [9.17, 15) is 9.18 Å². The summed E-state index contributed by atoms with van der Waals surface area (Å²) in [7, 11) is 0. The lowest BCUT2D eigenvalue weighted by Gasteiger charge is -2.35. The first kappa shape index (κ1) is 22.3. The summed E-state index contributed by atoms with van der Waals surface area (Å²) < 4.78 is 19.8. The highest BCUT2D eigenvalue weighted by molar-refractivity contribution is 6.30. The summed E-state index contributed by atoms with van der Waals surface area (Å²) in [6, 6.07) is 14.2. The maximum absolute atomic E-state index is 14.0. The normalized spacial score (nSPS) is 20.1. The third kappa shape index (κ3) is 6.06. The largest absolute Gasteiger partial charge is 0.376 e. The average molecular weight is 445 g/mol. The Kier molecular flexibility index (Phi) is 7.59.